The fourth-order valence-electron chi connectivity index (χ4n) is 2.34. The molecule has 7 heteroatoms. The van der Waals surface area contributed by atoms with E-state index in [1.54, 1.807) is 6.92 Å². The van der Waals surface area contributed by atoms with Gasteiger partial charge in [-0.1, -0.05) is 29.8 Å². The molecule has 0 aliphatic carbocycles. The maximum Gasteiger partial charge on any atom is 0.321 e. The van der Waals surface area contributed by atoms with Gasteiger partial charge in [-0.05, 0) is 13.0 Å². The van der Waals surface area contributed by atoms with Crippen LogP contribution in [0, 0.1) is 0 Å². The zero-order chi connectivity index (χ0) is 15.9. The number of carbonyl (C=O) groups excluding carboxylic acids is 2. The van der Waals surface area contributed by atoms with Gasteiger partial charge in [0.2, 0.25) is 5.91 Å². The van der Waals surface area contributed by atoms with Crippen molar-refractivity contribution in [2.24, 2.45) is 0 Å². The summed E-state index contributed by atoms with van der Waals surface area (Å²) < 4.78 is 5.74. The lowest BCUT2D eigenvalue weighted by molar-refractivity contribution is -0.123. The van der Waals surface area contributed by atoms with Crippen LogP contribution in [0.2, 0.25) is 5.02 Å². The van der Waals surface area contributed by atoms with Crippen LogP contribution in [0.3, 0.4) is 0 Å². The van der Waals surface area contributed by atoms with Gasteiger partial charge >= 0.3 is 6.03 Å². The van der Waals surface area contributed by atoms with Crippen molar-refractivity contribution in [2.45, 2.75) is 13.0 Å². The lowest BCUT2D eigenvalue weighted by Gasteiger charge is -2.32. The third-order valence-electron chi connectivity index (χ3n) is 3.36. The van der Waals surface area contributed by atoms with Gasteiger partial charge in [-0.25, -0.2) is 4.79 Å². The topological polar surface area (TPSA) is 70.7 Å². The molecule has 1 heterocycles. The molecule has 0 aromatic heterocycles. The zero-order valence-electron chi connectivity index (χ0n) is 12.5. The third kappa shape index (κ3) is 4.69. The van der Waals surface area contributed by atoms with Crippen LogP contribution in [0.5, 0.6) is 0 Å². The van der Waals surface area contributed by atoms with E-state index in [1.165, 1.54) is 0 Å². The number of amides is 3. The van der Waals surface area contributed by atoms with Crippen molar-refractivity contribution in [1.29, 1.82) is 0 Å². The highest BCUT2D eigenvalue weighted by Crippen LogP contribution is 2.28. The van der Waals surface area contributed by atoms with Gasteiger partial charge in [-0.2, -0.15) is 0 Å². The number of hydrogen-bond acceptors (Lipinski definition) is 4. The predicted molar refractivity (Wildman–Crippen MR) is 83.8 cm³/mol. The Morgan fingerprint density at radius 2 is 2.18 bits per heavy atom. The lowest BCUT2D eigenvalue weighted by atomic mass is 10.1. The van der Waals surface area contributed by atoms with Crippen LogP contribution in [0.1, 0.15) is 18.6 Å². The molecule has 1 aliphatic heterocycles. The highest BCUT2D eigenvalue weighted by Gasteiger charge is 2.25. The van der Waals surface area contributed by atoms with Crippen molar-refractivity contribution in [3.8, 4) is 0 Å². The molecule has 1 atom stereocenters. The first-order chi connectivity index (χ1) is 10.6. The first-order valence-electron chi connectivity index (χ1n) is 7.26. The Bertz CT molecular complexity index is 539. The van der Waals surface area contributed by atoms with Gasteiger partial charge in [-0.3, -0.25) is 15.0 Å². The molecule has 0 saturated carbocycles. The van der Waals surface area contributed by atoms with Gasteiger partial charge in [0, 0.05) is 30.2 Å². The van der Waals surface area contributed by atoms with Crippen molar-refractivity contribution in [3.05, 3.63) is 34.9 Å². The molecule has 0 radical (unpaired) electrons. The Morgan fingerprint density at radius 3 is 2.91 bits per heavy atom. The maximum absolute atomic E-state index is 11.8. The third-order valence-corrected chi connectivity index (χ3v) is 3.70. The van der Waals surface area contributed by atoms with E-state index in [1.807, 2.05) is 29.2 Å². The Kier molecular flexibility index (Phi) is 6.18. The minimum Gasteiger partial charge on any atom is -0.371 e. The second-order valence-corrected chi connectivity index (χ2v) is 5.43. The number of halogens is 1. The van der Waals surface area contributed by atoms with E-state index in [0.717, 1.165) is 5.56 Å². The average molecular weight is 326 g/mol. The molecule has 3 amide bonds. The number of nitrogens with zero attached hydrogens (tertiary/aromatic N) is 1. The number of rotatable bonds is 4. The van der Waals surface area contributed by atoms with Crippen molar-refractivity contribution < 1.29 is 14.3 Å². The number of ether oxygens (including phenoxy) is 1. The highest BCUT2D eigenvalue weighted by molar-refractivity contribution is 6.31. The monoisotopic (exact) mass is 325 g/mol. The molecule has 2 N–H and O–H groups in total. The maximum atomic E-state index is 11.8. The number of urea groups is 1. The summed E-state index contributed by atoms with van der Waals surface area (Å²) in [6.07, 6.45) is -0.167. The molecule has 0 bridgehead atoms. The zero-order valence-corrected chi connectivity index (χ0v) is 13.2. The summed E-state index contributed by atoms with van der Waals surface area (Å²) >= 11 is 6.18. The molecule has 1 aromatic carbocycles. The molecule has 1 saturated heterocycles. The number of carbonyl (C=O) groups is 2. The number of hydrogen-bond donors (Lipinski definition) is 2. The summed E-state index contributed by atoms with van der Waals surface area (Å²) in [5.41, 5.74) is 0.915. The van der Waals surface area contributed by atoms with Gasteiger partial charge in [0.05, 0.1) is 19.3 Å². The van der Waals surface area contributed by atoms with Gasteiger partial charge in [0.25, 0.3) is 0 Å². The molecule has 1 aromatic rings. The van der Waals surface area contributed by atoms with Gasteiger partial charge in [-0.15, -0.1) is 0 Å². The molecule has 120 valence electrons. The van der Waals surface area contributed by atoms with Crippen LogP contribution < -0.4 is 10.6 Å². The van der Waals surface area contributed by atoms with E-state index < -0.39 is 6.03 Å². The van der Waals surface area contributed by atoms with Crippen molar-refractivity contribution in [2.75, 3.05) is 32.8 Å². The second-order valence-electron chi connectivity index (χ2n) is 5.02. The quantitative estimate of drug-likeness (QED) is 0.881. The van der Waals surface area contributed by atoms with E-state index in [4.69, 9.17) is 16.3 Å². The summed E-state index contributed by atoms with van der Waals surface area (Å²) in [5, 5.41) is 5.47. The smallest absolute Gasteiger partial charge is 0.321 e. The van der Waals surface area contributed by atoms with Gasteiger partial charge in [0.1, 0.15) is 0 Å². The molecule has 0 spiro atoms. The normalized spacial score (nSPS) is 18.7. The van der Waals surface area contributed by atoms with E-state index >= 15 is 0 Å². The lowest BCUT2D eigenvalue weighted by Crippen LogP contribution is -2.47. The molecule has 0 unspecified atom stereocenters. The van der Waals surface area contributed by atoms with Crippen LogP contribution in [-0.2, 0) is 9.53 Å². The van der Waals surface area contributed by atoms with Crippen molar-refractivity contribution >= 4 is 23.5 Å². The highest BCUT2D eigenvalue weighted by atomic mass is 35.5. The molecule has 1 aliphatic rings. The number of nitrogens with one attached hydrogen (secondary N) is 2. The first kappa shape index (κ1) is 16.7. The van der Waals surface area contributed by atoms with Gasteiger partial charge in [0.15, 0.2) is 0 Å². The average Bonchev–Trinajstić information content (AvgIpc) is 2.48. The van der Waals surface area contributed by atoms with Gasteiger partial charge < -0.3 is 10.1 Å². The summed E-state index contributed by atoms with van der Waals surface area (Å²) in [4.78, 5) is 25.1. The standard InChI is InChI=1S/C15H20ClN3O3/c1-2-17-15(21)18-14(20)10-19-7-8-22-13(9-19)11-5-3-4-6-12(11)16/h3-6,13H,2,7-10H2,1H3,(H2,17,18,20,21)/t13-/m1/s1. The summed E-state index contributed by atoms with van der Waals surface area (Å²) in [7, 11) is 0. The predicted octanol–water partition coefficient (Wildman–Crippen LogP) is 1.56. The second kappa shape index (κ2) is 8.12. The molecular weight excluding hydrogens is 306 g/mol. The summed E-state index contributed by atoms with van der Waals surface area (Å²) in [6.45, 7) is 4.15. The summed E-state index contributed by atoms with van der Waals surface area (Å²) in [5.74, 6) is -0.328. The Hall–Kier alpha value is -1.63. The van der Waals surface area contributed by atoms with Crippen LogP contribution >= 0.6 is 11.6 Å². The number of benzene rings is 1. The van der Waals surface area contributed by atoms with E-state index in [2.05, 4.69) is 10.6 Å². The largest absolute Gasteiger partial charge is 0.371 e. The molecular formula is C15H20ClN3O3. The van der Waals surface area contributed by atoms with Crippen LogP contribution in [-0.4, -0.2) is 49.6 Å². The van der Waals surface area contributed by atoms with E-state index in [9.17, 15) is 9.59 Å². The minimum absolute atomic E-state index is 0.154. The number of morpholine rings is 1. The molecule has 1 fully saturated rings. The number of imide groups is 1. The van der Waals surface area contributed by atoms with Crippen molar-refractivity contribution in [3.63, 3.8) is 0 Å². The molecule has 2 rings (SSSR count). The minimum atomic E-state index is -0.469. The molecule has 22 heavy (non-hydrogen) atoms. The van der Waals surface area contributed by atoms with Crippen LogP contribution in [0.25, 0.3) is 0 Å². The van der Waals surface area contributed by atoms with Crippen molar-refractivity contribution in [1.82, 2.24) is 15.5 Å². The SMILES string of the molecule is CCNC(=O)NC(=O)CN1CCO[C@@H](c2ccccc2Cl)C1. The molecule has 6 nitrogen and oxygen atoms in total. The Balaban J connectivity index is 1.90. The summed E-state index contributed by atoms with van der Waals surface area (Å²) in [6, 6.07) is 7.05. The Labute approximate surface area is 134 Å². The first-order valence-corrected chi connectivity index (χ1v) is 7.64. The van der Waals surface area contributed by atoms with E-state index in [-0.39, 0.29) is 18.6 Å². The van der Waals surface area contributed by atoms with Crippen LogP contribution in [0.15, 0.2) is 24.3 Å². The Morgan fingerprint density at radius 1 is 1.41 bits per heavy atom. The van der Waals surface area contributed by atoms with Crippen LogP contribution in [0.4, 0.5) is 4.79 Å². The fraction of sp³-hybridized carbons (Fsp3) is 0.467. The fourth-order valence-corrected chi connectivity index (χ4v) is 2.60. The van der Waals surface area contributed by atoms with E-state index in [0.29, 0.717) is 31.3 Å².